The van der Waals surface area contributed by atoms with E-state index in [1.807, 2.05) is 6.92 Å². The molecule has 1 heterocycles. The second kappa shape index (κ2) is 5.32. The number of carbonyl (C=O) groups is 1. The van der Waals surface area contributed by atoms with E-state index in [0.717, 1.165) is 25.9 Å². The summed E-state index contributed by atoms with van der Waals surface area (Å²) in [6.45, 7) is 3.75. The number of rotatable bonds is 3. The molecule has 1 N–H and O–H groups in total. The summed E-state index contributed by atoms with van der Waals surface area (Å²) in [4.78, 5) is 13.1. The summed E-state index contributed by atoms with van der Waals surface area (Å²) in [5.74, 6) is 0.0376. The summed E-state index contributed by atoms with van der Waals surface area (Å²) in [5, 5.41) is 3.26. The van der Waals surface area contributed by atoms with Crippen molar-refractivity contribution in [1.29, 1.82) is 0 Å². The molecule has 82 valence electrons. The molecule has 1 aliphatic rings. The Morgan fingerprint density at radius 1 is 1.57 bits per heavy atom. The van der Waals surface area contributed by atoms with Gasteiger partial charge < -0.3 is 15.0 Å². The van der Waals surface area contributed by atoms with Crippen molar-refractivity contribution in [3.8, 4) is 0 Å². The smallest absolute Gasteiger partial charge is 0.250 e. The van der Waals surface area contributed by atoms with Crippen molar-refractivity contribution in [2.24, 2.45) is 0 Å². The highest BCUT2D eigenvalue weighted by atomic mass is 16.5. The fraction of sp³-hybridized carbons (Fsp3) is 0.900. The first-order valence-corrected chi connectivity index (χ1v) is 5.18. The van der Waals surface area contributed by atoms with Crippen LogP contribution in [0.3, 0.4) is 0 Å². The van der Waals surface area contributed by atoms with Gasteiger partial charge in [-0.2, -0.15) is 0 Å². The van der Waals surface area contributed by atoms with Gasteiger partial charge in [0.1, 0.15) is 6.10 Å². The standard InChI is InChI=1S/C10H20N2O2/c1-8(10(13)12(2)3)14-9-5-4-6-11-7-9/h8-9,11H,4-7H2,1-3H3. The zero-order valence-electron chi connectivity index (χ0n) is 9.25. The van der Waals surface area contributed by atoms with Crippen LogP contribution in [0.2, 0.25) is 0 Å². The maximum absolute atomic E-state index is 11.5. The first kappa shape index (κ1) is 11.5. The van der Waals surface area contributed by atoms with E-state index < -0.39 is 0 Å². The lowest BCUT2D eigenvalue weighted by molar-refractivity contribution is -0.144. The Balaban J connectivity index is 2.31. The fourth-order valence-electron chi connectivity index (χ4n) is 1.65. The second-order valence-electron chi connectivity index (χ2n) is 3.98. The lowest BCUT2D eigenvalue weighted by Gasteiger charge is -2.27. The first-order chi connectivity index (χ1) is 6.61. The average Bonchev–Trinajstić information content (AvgIpc) is 2.18. The molecule has 4 heteroatoms. The predicted molar refractivity (Wildman–Crippen MR) is 55.1 cm³/mol. The summed E-state index contributed by atoms with van der Waals surface area (Å²) in [7, 11) is 3.50. The highest BCUT2D eigenvalue weighted by Crippen LogP contribution is 2.09. The van der Waals surface area contributed by atoms with Gasteiger partial charge in [0.2, 0.25) is 0 Å². The maximum atomic E-state index is 11.5. The highest BCUT2D eigenvalue weighted by molar-refractivity contribution is 5.79. The molecule has 1 aliphatic heterocycles. The van der Waals surface area contributed by atoms with Crippen LogP contribution in [0.25, 0.3) is 0 Å². The number of hydrogen-bond donors (Lipinski definition) is 1. The van der Waals surface area contributed by atoms with Gasteiger partial charge in [0, 0.05) is 20.6 Å². The van der Waals surface area contributed by atoms with E-state index in [4.69, 9.17) is 4.74 Å². The number of nitrogens with zero attached hydrogens (tertiary/aromatic N) is 1. The van der Waals surface area contributed by atoms with Crippen LogP contribution < -0.4 is 5.32 Å². The van der Waals surface area contributed by atoms with Crippen molar-refractivity contribution >= 4 is 5.91 Å². The molecule has 0 aromatic heterocycles. The largest absolute Gasteiger partial charge is 0.364 e. The molecule has 0 spiro atoms. The van der Waals surface area contributed by atoms with Crippen LogP contribution in [0.4, 0.5) is 0 Å². The molecule has 1 amide bonds. The first-order valence-electron chi connectivity index (χ1n) is 5.18. The molecule has 0 aliphatic carbocycles. The number of hydrogen-bond acceptors (Lipinski definition) is 3. The molecular weight excluding hydrogens is 180 g/mol. The van der Waals surface area contributed by atoms with E-state index in [-0.39, 0.29) is 18.1 Å². The third kappa shape index (κ3) is 3.27. The minimum Gasteiger partial charge on any atom is -0.364 e. The highest BCUT2D eigenvalue weighted by Gasteiger charge is 2.21. The van der Waals surface area contributed by atoms with E-state index in [1.54, 1.807) is 19.0 Å². The van der Waals surface area contributed by atoms with Gasteiger partial charge in [-0.3, -0.25) is 4.79 Å². The third-order valence-electron chi connectivity index (χ3n) is 2.44. The lowest BCUT2D eigenvalue weighted by atomic mass is 10.1. The van der Waals surface area contributed by atoms with Gasteiger partial charge in [0.25, 0.3) is 5.91 Å². The molecule has 14 heavy (non-hydrogen) atoms. The number of ether oxygens (including phenoxy) is 1. The van der Waals surface area contributed by atoms with E-state index in [1.165, 1.54) is 0 Å². The second-order valence-corrected chi connectivity index (χ2v) is 3.98. The molecule has 0 bridgehead atoms. The molecule has 0 aromatic carbocycles. The van der Waals surface area contributed by atoms with Crippen molar-refractivity contribution in [2.75, 3.05) is 27.2 Å². The van der Waals surface area contributed by atoms with E-state index in [2.05, 4.69) is 5.32 Å². The van der Waals surface area contributed by atoms with Crippen LogP contribution in [-0.4, -0.2) is 50.2 Å². The molecule has 2 atom stereocenters. The monoisotopic (exact) mass is 200 g/mol. The minimum absolute atomic E-state index is 0.0376. The molecule has 0 radical (unpaired) electrons. The Morgan fingerprint density at radius 2 is 2.29 bits per heavy atom. The maximum Gasteiger partial charge on any atom is 0.250 e. The van der Waals surface area contributed by atoms with Crippen LogP contribution in [0.15, 0.2) is 0 Å². The average molecular weight is 200 g/mol. The van der Waals surface area contributed by atoms with Crippen molar-refractivity contribution in [2.45, 2.75) is 32.0 Å². The Labute approximate surface area is 85.6 Å². The SMILES string of the molecule is CC(OC1CCCNC1)C(=O)N(C)C. The van der Waals surface area contributed by atoms with Crippen molar-refractivity contribution < 1.29 is 9.53 Å². The number of piperidine rings is 1. The molecule has 0 aromatic rings. The van der Waals surface area contributed by atoms with Crippen LogP contribution in [0.1, 0.15) is 19.8 Å². The van der Waals surface area contributed by atoms with Crippen LogP contribution in [0, 0.1) is 0 Å². The van der Waals surface area contributed by atoms with Crippen LogP contribution in [0.5, 0.6) is 0 Å². The van der Waals surface area contributed by atoms with Gasteiger partial charge in [-0.1, -0.05) is 0 Å². The molecule has 1 rings (SSSR count). The molecule has 1 fully saturated rings. The summed E-state index contributed by atoms with van der Waals surface area (Å²) in [6.07, 6.45) is 2.06. The molecule has 2 unspecified atom stereocenters. The zero-order valence-corrected chi connectivity index (χ0v) is 9.25. The van der Waals surface area contributed by atoms with Gasteiger partial charge >= 0.3 is 0 Å². The normalized spacial score (nSPS) is 24.4. The quantitative estimate of drug-likeness (QED) is 0.709. The summed E-state index contributed by atoms with van der Waals surface area (Å²) >= 11 is 0. The zero-order chi connectivity index (χ0) is 10.6. The number of likely N-dealkylation sites (N-methyl/N-ethyl adjacent to an activating group) is 1. The van der Waals surface area contributed by atoms with Crippen molar-refractivity contribution in [3.63, 3.8) is 0 Å². The van der Waals surface area contributed by atoms with Gasteiger partial charge in [0.05, 0.1) is 6.10 Å². The van der Waals surface area contributed by atoms with E-state index >= 15 is 0 Å². The van der Waals surface area contributed by atoms with Crippen LogP contribution >= 0.6 is 0 Å². The molecule has 1 saturated heterocycles. The van der Waals surface area contributed by atoms with Crippen molar-refractivity contribution in [3.05, 3.63) is 0 Å². The Bertz CT molecular complexity index is 189. The number of amides is 1. The number of carbonyl (C=O) groups excluding carboxylic acids is 1. The van der Waals surface area contributed by atoms with Crippen LogP contribution in [-0.2, 0) is 9.53 Å². The third-order valence-corrected chi connectivity index (χ3v) is 2.44. The van der Waals surface area contributed by atoms with Crippen molar-refractivity contribution in [1.82, 2.24) is 10.2 Å². The fourth-order valence-corrected chi connectivity index (χ4v) is 1.65. The van der Waals surface area contributed by atoms with E-state index in [0.29, 0.717) is 0 Å². The predicted octanol–water partition coefficient (Wildman–Crippen LogP) is 0.232. The Kier molecular flexibility index (Phi) is 4.35. The minimum atomic E-state index is -0.324. The molecule has 4 nitrogen and oxygen atoms in total. The molecular formula is C10H20N2O2. The topological polar surface area (TPSA) is 41.6 Å². The van der Waals surface area contributed by atoms with Gasteiger partial charge in [-0.25, -0.2) is 0 Å². The molecule has 0 saturated carbocycles. The van der Waals surface area contributed by atoms with Gasteiger partial charge in [0.15, 0.2) is 0 Å². The summed E-state index contributed by atoms with van der Waals surface area (Å²) in [5.41, 5.74) is 0. The van der Waals surface area contributed by atoms with Gasteiger partial charge in [-0.15, -0.1) is 0 Å². The summed E-state index contributed by atoms with van der Waals surface area (Å²) in [6, 6.07) is 0. The Hall–Kier alpha value is -0.610. The van der Waals surface area contributed by atoms with E-state index in [9.17, 15) is 4.79 Å². The number of nitrogens with one attached hydrogen (secondary N) is 1. The Morgan fingerprint density at radius 3 is 2.79 bits per heavy atom. The lowest BCUT2D eigenvalue weighted by Crippen LogP contribution is -2.41. The van der Waals surface area contributed by atoms with Gasteiger partial charge in [-0.05, 0) is 26.3 Å². The summed E-state index contributed by atoms with van der Waals surface area (Å²) < 4.78 is 5.66.